The molecular formula is C45H45N13O4. The van der Waals surface area contributed by atoms with Crippen LogP contribution in [-0.2, 0) is 25.9 Å². The number of aromatic hydroxyl groups is 1. The van der Waals surface area contributed by atoms with Crippen molar-refractivity contribution in [3.63, 3.8) is 0 Å². The van der Waals surface area contributed by atoms with Crippen LogP contribution in [0.3, 0.4) is 0 Å². The van der Waals surface area contributed by atoms with E-state index >= 15 is 0 Å². The van der Waals surface area contributed by atoms with Crippen LogP contribution >= 0.6 is 0 Å². The normalized spacial score (nSPS) is 10.7. The Morgan fingerprint density at radius 1 is 0.645 bits per heavy atom. The van der Waals surface area contributed by atoms with Gasteiger partial charge in [0, 0.05) is 53.8 Å². The number of carbonyl (C=O) groups excluding carboxylic acids is 1. The summed E-state index contributed by atoms with van der Waals surface area (Å²) in [5.41, 5.74) is 17.7. The number of nitrogen functional groups attached to an aromatic ring is 2. The molecule has 0 aliphatic rings. The van der Waals surface area contributed by atoms with Gasteiger partial charge in [0.15, 0.2) is 23.0 Å². The number of nitrogens with zero attached hydrogens (tertiary/aromatic N) is 9. The van der Waals surface area contributed by atoms with Gasteiger partial charge in [-0.2, -0.15) is 24.9 Å². The first-order chi connectivity index (χ1) is 29.9. The zero-order valence-electron chi connectivity index (χ0n) is 34.9. The number of rotatable bonds is 1. The number of carbonyl (C=O) groups is 1. The van der Waals surface area contributed by atoms with Gasteiger partial charge in [-0.1, -0.05) is 72.8 Å². The maximum Gasteiger partial charge on any atom is 0.360 e. The van der Waals surface area contributed by atoms with E-state index in [1.165, 1.54) is 20.8 Å². The predicted octanol–water partition coefficient (Wildman–Crippen LogP) is 6.73. The second kappa shape index (κ2) is 17.8. The molecule has 5 aromatic carbocycles. The molecular weight excluding hydrogens is 787 g/mol. The number of nitrogens with one attached hydrogen (secondary N) is 2. The molecule has 0 radical (unpaired) electrons. The number of aromatic nitrogens is 11. The van der Waals surface area contributed by atoms with Crippen molar-refractivity contribution in [3.05, 3.63) is 149 Å². The number of hydrogen-bond donors (Lipinski definition) is 5. The molecule has 0 unspecified atom stereocenters. The van der Waals surface area contributed by atoms with Crippen LogP contribution in [0.5, 0.6) is 5.75 Å². The molecule has 17 nitrogen and oxygen atoms in total. The molecule has 0 aliphatic carbocycles. The Bertz CT molecular complexity index is 3180. The van der Waals surface area contributed by atoms with Crippen LogP contribution < -0.4 is 17.0 Å². The second-order valence-corrected chi connectivity index (χ2v) is 14.1. The van der Waals surface area contributed by atoms with Gasteiger partial charge in [0.1, 0.15) is 0 Å². The first kappa shape index (κ1) is 41.7. The van der Waals surface area contributed by atoms with Gasteiger partial charge in [-0.25, -0.2) is 9.78 Å². The van der Waals surface area contributed by atoms with Crippen molar-refractivity contribution < 1.29 is 14.6 Å². The molecule has 314 valence electrons. The van der Waals surface area contributed by atoms with Crippen LogP contribution in [0, 0.1) is 13.8 Å². The molecule has 62 heavy (non-hydrogen) atoms. The van der Waals surface area contributed by atoms with E-state index in [4.69, 9.17) is 11.5 Å². The minimum absolute atomic E-state index is 0.298. The van der Waals surface area contributed by atoms with Gasteiger partial charge < -0.3 is 21.3 Å². The topological polar surface area (TPSA) is 231 Å². The summed E-state index contributed by atoms with van der Waals surface area (Å²) in [5, 5.41) is 37.1. The van der Waals surface area contributed by atoms with E-state index in [1.807, 2.05) is 124 Å². The van der Waals surface area contributed by atoms with Gasteiger partial charge in [0.25, 0.3) is 0 Å². The third kappa shape index (κ3) is 8.22. The number of para-hydroxylation sites is 5. The highest BCUT2D eigenvalue weighted by molar-refractivity contribution is 5.96. The van der Waals surface area contributed by atoms with Crippen LogP contribution in [-0.4, -0.2) is 72.3 Å². The summed E-state index contributed by atoms with van der Waals surface area (Å²) in [6.07, 6.45) is 0. The highest BCUT2D eigenvalue weighted by atomic mass is 16.5. The van der Waals surface area contributed by atoms with Crippen LogP contribution in [0.4, 0.5) is 11.6 Å². The molecule has 0 bridgehead atoms. The van der Waals surface area contributed by atoms with E-state index in [0.717, 1.165) is 51.3 Å². The van der Waals surface area contributed by atoms with Gasteiger partial charge in [0.05, 0.1) is 40.4 Å². The molecule has 6 heterocycles. The lowest BCUT2D eigenvalue weighted by molar-refractivity contribution is 0.0590. The molecule has 11 aromatic rings. The van der Waals surface area contributed by atoms with Crippen molar-refractivity contribution in [3.8, 4) is 5.75 Å². The fourth-order valence-corrected chi connectivity index (χ4v) is 6.96. The van der Waals surface area contributed by atoms with Crippen molar-refractivity contribution >= 4 is 77.8 Å². The Labute approximate surface area is 353 Å². The highest BCUT2D eigenvalue weighted by Gasteiger charge is 2.22. The standard InChI is InChI=1S/C13H11N3O4.C9H10N2.C8H9N3.C8H8N2.C7H7N3/c1-15-8-6-4-3-5-7(8)11-14-9(13(19)20-2)10(17)12(18)16(11)15;1-7-8-5-3-4-6-9(8)11(2)10-7;1-11-7-5-3-2-4-6(7)8(9)10-11;1-6-7-4-2-3-5-8(7)10-9-6;8-7-5-3-1-2-4-6(5)9-10-7/h3-6,17H,1-2H3;3-6H,1-2H3;2-5H,1H3,(H2,9,10);2-5H,1H3,(H,9,10);1-4H,(H3,8,9,10). The largest absolute Gasteiger partial charge is 0.501 e. The van der Waals surface area contributed by atoms with Crippen LogP contribution in [0.1, 0.15) is 21.9 Å². The zero-order chi connectivity index (χ0) is 44.1. The Hall–Kier alpha value is -8.47. The number of aryl methyl sites for hydroxylation is 5. The summed E-state index contributed by atoms with van der Waals surface area (Å²) in [7, 11) is 6.69. The molecule has 0 saturated carbocycles. The Kier molecular flexibility index (Phi) is 12.0. The number of H-pyrrole nitrogens is 2. The maximum atomic E-state index is 12.2. The Balaban J connectivity index is 0.000000120. The fraction of sp³-hybridized carbons (Fsp3) is 0.133. The van der Waals surface area contributed by atoms with E-state index in [2.05, 4.69) is 58.5 Å². The summed E-state index contributed by atoms with van der Waals surface area (Å²) in [6.45, 7) is 4.05. The minimum Gasteiger partial charge on any atom is -0.501 e. The average Bonchev–Trinajstić information content (AvgIpc) is 4.09. The number of aromatic amines is 2. The van der Waals surface area contributed by atoms with E-state index in [9.17, 15) is 14.7 Å². The van der Waals surface area contributed by atoms with E-state index in [0.29, 0.717) is 22.7 Å². The number of benzene rings is 5. The van der Waals surface area contributed by atoms with E-state index < -0.39 is 17.3 Å². The van der Waals surface area contributed by atoms with Crippen molar-refractivity contribution in [1.82, 2.24) is 54.1 Å². The monoisotopic (exact) mass is 831 g/mol. The van der Waals surface area contributed by atoms with Crippen LogP contribution in [0.2, 0.25) is 0 Å². The molecule has 6 aromatic heterocycles. The summed E-state index contributed by atoms with van der Waals surface area (Å²) >= 11 is 0. The van der Waals surface area contributed by atoms with Crippen LogP contribution in [0.25, 0.3) is 60.2 Å². The molecule has 17 heteroatoms. The Morgan fingerprint density at radius 3 is 1.82 bits per heavy atom. The van der Waals surface area contributed by atoms with E-state index in [1.54, 1.807) is 28.5 Å². The number of esters is 1. The molecule has 0 amide bonds. The summed E-state index contributed by atoms with van der Waals surface area (Å²) in [6, 6.07) is 39.2. The lowest BCUT2D eigenvalue weighted by atomic mass is 10.2. The molecule has 11 rings (SSSR count). The van der Waals surface area contributed by atoms with E-state index in [-0.39, 0.29) is 5.69 Å². The average molecular weight is 832 g/mol. The third-order valence-electron chi connectivity index (χ3n) is 10.1. The number of hydrogen-bond acceptors (Lipinski definition) is 11. The number of anilines is 2. The number of methoxy groups -OCH3 is 1. The molecule has 0 atom stereocenters. The molecule has 0 fully saturated rings. The molecule has 0 spiro atoms. The molecule has 7 N–H and O–H groups in total. The highest BCUT2D eigenvalue weighted by Crippen LogP contribution is 2.22. The van der Waals surface area contributed by atoms with Gasteiger partial charge in [-0.15, -0.1) is 0 Å². The Morgan fingerprint density at radius 2 is 1.19 bits per heavy atom. The first-order valence-corrected chi connectivity index (χ1v) is 19.3. The maximum absolute atomic E-state index is 12.2. The SMILES string of the molecule is COC(=O)c1nc2c3ccccc3n(C)n2c(=O)c1O.Cc1[nH]nc2ccccc12.Cc1nn(C)c2ccccc12.Cn1nc(N)c2ccccc21.Nc1n[nH]c2ccccc12. The van der Waals surface area contributed by atoms with Gasteiger partial charge in [-0.3, -0.25) is 29.0 Å². The van der Waals surface area contributed by atoms with Gasteiger partial charge in [0.2, 0.25) is 5.75 Å². The van der Waals surface area contributed by atoms with Crippen LogP contribution in [0.15, 0.2) is 126 Å². The van der Waals surface area contributed by atoms with Crippen molar-refractivity contribution in [2.45, 2.75) is 13.8 Å². The minimum atomic E-state index is -0.852. The number of fused-ring (bicyclic) bond motifs is 7. The quantitative estimate of drug-likeness (QED) is 0.109. The van der Waals surface area contributed by atoms with Crippen molar-refractivity contribution in [1.29, 1.82) is 0 Å². The number of nitrogens with two attached hydrogens (primary N) is 2. The lowest BCUT2D eigenvalue weighted by Crippen LogP contribution is -2.22. The van der Waals surface area contributed by atoms with Gasteiger partial charge in [-0.05, 0) is 62.4 Å². The third-order valence-corrected chi connectivity index (χ3v) is 10.1. The predicted molar refractivity (Wildman–Crippen MR) is 243 cm³/mol. The summed E-state index contributed by atoms with van der Waals surface area (Å²) in [4.78, 5) is 27.9. The first-order valence-electron chi connectivity index (χ1n) is 19.3. The fourth-order valence-electron chi connectivity index (χ4n) is 6.96. The van der Waals surface area contributed by atoms with Crippen molar-refractivity contribution in [2.24, 2.45) is 21.1 Å². The van der Waals surface area contributed by atoms with Gasteiger partial charge >= 0.3 is 11.5 Å². The second-order valence-electron chi connectivity index (χ2n) is 14.1. The smallest absolute Gasteiger partial charge is 0.360 e. The lowest BCUT2D eigenvalue weighted by Gasteiger charge is -2.04. The summed E-state index contributed by atoms with van der Waals surface area (Å²) in [5.74, 6) is -0.408. The molecule has 0 aliphatic heterocycles. The van der Waals surface area contributed by atoms with Crippen molar-refractivity contribution in [2.75, 3.05) is 18.6 Å². The molecule has 0 saturated heterocycles. The number of ether oxygens (including phenoxy) is 1. The zero-order valence-corrected chi connectivity index (χ0v) is 34.9. The summed E-state index contributed by atoms with van der Waals surface area (Å²) < 4.78 is 11.0.